The normalized spacial score (nSPS) is 13.2. The van der Waals surface area contributed by atoms with Gasteiger partial charge in [0, 0.05) is 6.42 Å². The zero-order chi connectivity index (χ0) is 20.3. The van der Waals surface area contributed by atoms with E-state index in [0.717, 1.165) is 0 Å². The van der Waals surface area contributed by atoms with E-state index in [0.29, 0.717) is 0 Å². The number of amides is 2. The van der Waals surface area contributed by atoms with Gasteiger partial charge in [-0.1, -0.05) is 0 Å². The molecule has 2 N–H and O–H groups in total. The third-order valence-electron chi connectivity index (χ3n) is 2.96. The van der Waals surface area contributed by atoms with Crippen molar-refractivity contribution in [1.29, 1.82) is 0 Å². The molecule has 2 amide bonds. The van der Waals surface area contributed by atoms with Gasteiger partial charge in [-0.05, 0) is 48.0 Å². The molecule has 9 heteroatoms. The summed E-state index contributed by atoms with van der Waals surface area (Å²) in [6.07, 6.45) is -0.770. The highest BCUT2D eigenvalue weighted by atomic mass is 16.6. The molecule has 0 saturated heterocycles. The molecule has 0 aromatic carbocycles. The van der Waals surface area contributed by atoms with E-state index < -0.39 is 41.6 Å². The Labute approximate surface area is 154 Å². The molecule has 0 radical (unpaired) electrons. The van der Waals surface area contributed by atoms with Crippen molar-refractivity contribution in [3.05, 3.63) is 0 Å². The Morgan fingerprint density at radius 1 is 0.962 bits per heavy atom. The quantitative estimate of drug-likeness (QED) is 0.461. The summed E-state index contributed by atoms with van der Waals surface area (Å²) in [5, 5.41) is 4.86. The lowest BCUT2D eigenvalue weighted by Crippen LogP contribution is -2.51. The van der Waals surface area contributed by atoms with Crippen LogP contribution in [0, 0.1) is 0 Å². The highest BCUT2D eigenvalue weighted by molar-refractivity contribution is 5.89. The molecule has 26 heavy (non-hydrogen) atoms. The number of rotatable bonds is 9. The molecule has 0 spiro atoms. The Morgan fingerprint density at radius 2 is 1.54 bits per heavy atom. The average molecular weight is 374 g/mol. The number of hydrogen-bond acceptors (Lipinski definition) is 7. The summed E-state index contributed by atoms with van der Waals surface area (Å²) in [6, 6.07) is -1.96. The molecule has 0 bridgehead atoms. The van der Waals surface area contributed by atoms with E-state index in [4.69, 9.17) is 14.2 Å². The second-order valence-electron chi connectivity index (χ2n) is 6.52. The van der Waals surface area contributed by atoms with E-state index in [1.54, 1.807) is 34.6 Å². The molecular weight excluding hydrogens is 344 g/mol. The van der Waals surface area contributed by atoms with E-state index in [1.165, 1.54) is 6.92 Å². The van der Waals surface area contributed by atoms with Crippen molar-refractivity contribution in [3.63, 3.8) is 0 Å². The van der Waals surface area contributed by atoms with Crippen molar-refractivity contribution < 1.29 is 33.4 Å². The lowest BCUT2D eigenvalue weighted by Gasteiger charge is -2.23. The van der Waals surface area contributed by atoms with Crippen molar-refractivity contribution in [2.75, 3.05) is 13.2 Å². The fourth-order valence-electron chi connectivity index (χ4n) is 1.83. The fraction of sp³-hybridized carbons (Fsp3) is 0.765. The zero-order valence-electron chi connectivity index (χ0n) is 16.3. The van der Waals surface area contributed by atoms with Gasteiger partial charge in [-0.3, -0.25) is 9.59 Å². The molecule has 0 heterocycles. The van der Waals surface area contributed by atoms with Crippen LogP contribution in [-0.2, 0) is 28.6 Å². The summed E-state index contributed by atoms with van der Waals surface area (Å²) in [6.45, 7) is 10.2. The third-order valence-corrected chi connectivity index (χ3v) is 2.96. The van der Waals surface area contributed by atoms with Crippen LogP contribution in [-0.4, -0.2) is 54.8 Å². The maximum absolute atomic E-state index is 12.2. The number of ether oxygens (including phenoxy) is 3. The van der Waals surface area contributed by atoms with Gasteiger partial charge in [-0.15, -0.1) is 0 Å². The number of hydrogen-bond donors (Lipinski definition) is 2. The molecule has 150 valence electrons. The maximum Gasteiger partial charge on any atom is 0.408 e. The lowest BCUT2D eigenvalue weighted by molar-refractivity contribution is -0.149. The Balaban J connectivity index is 4.75. The number of carbonyl (C=O) groups excluding carboxylic acids is 4. The summed E-state index contributed by atoms with van der Waals surface area (Å²) >= 11 is 0. The third kappa shape index (κ3) is 10.5. The molecule has 2 atom stereocenters. The second kappa shape index (κ2) is 11.3. The molecule has 0 saturated carbocycles. The SMILES string of the molecule is CCOC(=O)CC[C@@H](NC(=O)[C@@H](C)NC(=O)OC(C)(C)C)C(=O)OCC. The molecule has 0 aromatic heterocycles. The first-order valence-electron chi connectivity index (χ1n) is 8.62. The average Bonchev–Trinajstić information content (AvgIpc) is 2.49. The van der Waals surface area contributed by atoms with Gasteiger partial charge in [0.05, 0.1) is 13.2 Å². The summed E-state index contributed by atoms with van der Waals surface area (Å²) in [5.41, 5.74) is -0.701. The van der Waals surface area contributed by atoms with Crippen LogP contribution < -0.4 is 10.6 Å². The van der Waals surface area contributed by atoms with Crippen LogP contribution in [0.5, 0.6) is 0 Å². The van der Waals surface area contributed by atoms with Gasteiger partial charge in [0.25, 0.3) is 0 Å². The maximum atomic E-state index is 12.2. The number of carbonyl (C=O) groups is 4. The van der Waals surface area contributed by atoms with E-state index in [-0.39, 0.29) is 26.1 Å². The molecule has 0 aromatic rings. The molecule has 0 aliphatic rings. The summed E-state index contributed by atoms with van der Waals surface area (Å²) in [7, 11) is 0. The smallest absolute Gasteiger partial charge is 0.408 e. The predicted molar refractivity (Wildman–Crippen MR) is 93.3 cm³/mol. The fourth-order valence-corrected chi connectivity index (χ4v) is 1.83. The van der Waals surface area contributed by atoms with Gasteiger partial charge in [0.2, 0.25) is 5.91 Å². The van der Waals surface area contributed by atoms with Crippen LogP contribution in [0.25, 0.3) is 0 Å². The Kier molecular flexibility index (Phi) is 10.3. The lowest BCUT2D eigenvalue weighted by atomic mass is 10.1. The van der Waals surface area contributed by atoms with Crippen LogP contribution >= 0.6 is 0 Å². The number of nitrogens with one attached hydrogen (secondary N) is 2. The van der Waals surface area contributed by atoms with E-state index in [9.17, 15) is 19.2 Å². The van der Waals surface area contributed by atoms with Crippen LogP contribution in [0.4, 0.5) is 4.79 Å². The van der Waals surface area contributed by atoms with Crippen molar-refractivity contribution in [3.8, 4) is 0 Å². The van der Waals surface area contributed by atoms with Crippen LogP contribution in [0.3, 0.4) is 0 Å². The number of esters is 2. The van der Waals surface area contributed by atoms with Crippen molar-refractivity contribution in [1.82, 2.24) is 10.6 Å². The molecular formula is C17H30N2O7. The van der Waals surface area contributed by atoms with Gasteiger partial charge in [-0.25, -0.2) is 9.59 Å². The summed E-state index contributed by atoms with van der Waals surface area (Å²) in [5.74, 6) is -1.73. The zero-order valence-corrected chi connectivity index (χ0v) is 16.3. The molecule has 0 aliphatic carbocycles. The van der Waals surface area contributed by atoms with Gasteiger partial charge < -0.3 is 24.8 Å². The summed E-state index contributed by atoms with van der Waals surface area (Å²) in [4.78, 5) is 47.4. The highest BCUT2D eigenvalue weighted by Crippen LogP contribution is 2.07. The molecule has 0 fully saturated rings. The first-order valence-corrected chi connectivity index (χ1v) is 8.62. The van der Waals surface area contributed by atoms with Gasteiger partial charge >= 0.3 is 18.0 Å². The largest absolute Gasteiger partial charge is 0.466 e. The van der Waals surface area contributed by atoms with E-state index in [1.807, 2.05) is 0 Å². The number of alkyl carbamates (subject to hydrolysis) is 1. The minimum Gasteiger partial charge on any atom is -0.466 e. The van der Waals surface area contributed by atoms with Crippen LogP contribution in [0.15, 0.2) is 0 Å². The molecule has 9 nitrogen and oxygen atoms in total. The molecule has 0 unspecified atom stereocenters. The second-order valence-corrected chi connectivity index (χ2v) is 6.52. The predicted octanol–water partition coefficient (Wildman–Crippen LogP) is 1.29. The first-order chi connectivity index (χ1) is 12.0. The standard InChI is InChI=1S/C17H30N2O7/c1-7-24-13(20)10-9-12(15(22)25-8-2)19-14(21)11(3)18-16(23)26-17(4,5)6/h11-12H,7-10H2,1-6H3,(H,18,23)(H,19,21)/t11-,12-/m1/s1. The Morgan fingerprint density at radius 3 is 2.04 bits per heavy atom. The molecule has 0 rings (SSSR count). The van der Waals surface area contributed by atoms with Crippen LogP contribution in [0.2, 0.25) is 0 Å². The van der Waals surface area contributed by atoms with Crippen molar-refractivity contribution >= 4 is 23.9 Å². The highest BCUT2D eigenvalue weighted by Gasteiger charge is 2.27. The minimum atomic E-state index is -1.02. The van der Waals surface area contributed by atoms with Gasteiger partial charge in [0.15, 0.2) is 0 Å². The Bertz CT molecular complexity index is 500. The van der Waals surface area contributed by atoms with Gasteiger partial charge in [0.1, 0.15) is 17.7 Å². The monoisotopic (exact) mass is 374 g/mol. The van der Waals surface area contributed by atoms with Crippen molar-refractivity contribution in [2.24, 2.45) is 0 Å². The first kappa shape index (κ1) is 23.7. The topological polar surface area (TPSA) is 120 Å². The minimum absolute atomic E-state index is 0.0303. The van der Waals surface area contributed by atoms with E-state index in [2.05, 4.69) is 10.6 Å². The van der Waals surface area contributed by atoms with Gasteiger partial charge in [-0.2, -0.15) is 0 Å². The van der Waals surface area contributed by atoms with Crippen LogP contribution in [0.1, 0.15) is 54.4 Å². The Hall–Kier alpha value is -2.32. The summed E-state index contributed by atoms with van der Waals surface area (Å²) < 4.78 is 14.8. The van der Waals surface area contributed by atoms with Crippen molar-refractivity contribution in [2.45, 2.75) is 72.1 Å². The van der Waals surface area contributed by atoms with E-state index >= 15 is 0 Å². The molecule has 0 aliphatic heterocycles.